The molecule has 1 atom stereocenters. The lowest BCUT2D eigenvalue weighted by molar-refractivity contribution is -0.167. The van der Waals surface area contributed by atoms with Crippen LogP contribution in [-0.2, 0) is 28.6 Å². The number of unbranched alkanes of at least 4 members (excludes halogenated alkanes) is 29. The minimum Gasteiger partial charge on any atom is -0.462 e. The number of carbonyl (C=O) groups is 3. The summed E-state index contributed by atoms with van der Waals surface area (Å²) >= 11 is 0. The molecule has 1 unspecified atom stereocenters. The maximum absolute atomic E-state index is 12.8. The fourth-order valence-electron chi connectivity index (χ4n) is 7.57. The minimum atomic E-state index is -0.780. The Kier molecular flexibility index (Phi) is 48.8. The van der Waals surface area contributed by atoms with E-state index in [-0.39, 0.29) is 31.1 Å². The molecule has 0 aliphatic rings. The largest absolute Gasteiger partial charge is 0.462 e. The van der Waals surface area contributed by atoms with Gasteiger partial charge in [-0.25, -0.2) is 0 Å². The second kappa shape index (κ2) is 51.0. The molecule has 62 heavy (non-hydrogen) atoms. The van der Waals surface area contributed by atoms with Crippen LogP contribution in [-0.4, -0.2) is 37.2 Å². The Morgan fingerprint density at radius 3 is 1.00 bits per heavy atom. The van der Waals surface area contributed by atoms with Gasteiger partial charge < -0.3 is 14.2 Å². The average molecular weight is 869 g/mol. The van der Waals surface area contributed by atoms with Crippen molar-refractivity contribution in [1.82, 2.24) is 0 Å². The van der Waals surface area contributed by atoms with Gasteiger partial charge in [-0.2, -0.15) is 0 Å². The average Bonchev–Trinajstić information content (AvgIpc) is 3.27. The van der Waals surface area contributed by atoms with Crippen molar-refractivity contribution in [3.8, 4) is 0 Å². The van der Waals surface area contributed by atoms with Gasteiger partial charge in [0.2, 0.25) is 0 Å². The Bertz CT molecular complexity index is 1090. The summed E-state index contributed by atoms with van der Waals surface area (Å²) in [5, 5.41) is 0. The zero-order valence-corrected chi connectivity index (χ0v) is 41.1. The molecular weight excluding hydrogens is 769 g/mol. The highest BCUT2D eigenvalue weighted by molar-refractivity contribution is 5.71. The van der Waals surface area contributed by atoms with Crippen LogP contribution in [0, 0.1) is 0 Å². The topological polar surface area (TPSA) is 78.9 Å². The molecule has 0 radical (unpaired) electrons. The van der Waals surface area contributed by atoms with Gasteiger partial charge in [0.1, 0.15) is 13.2 Å². The summed E-state index contributed by atoms with van der Waals surface area (Å²) in [7, 11) is 0. The van der Waals surface area contributed by atoms with Crippen LogP contribution in [0.5, 0.6) is 0 Å². The van der Waals surface area contributed by atoms with E-state index < -0.39 is 6.10 Å². The summed E-state index contributed by atoms with van der Waals surface area (Å²) in [6.45, 7) is 6.52. The number of esters is 3. The first-order valence-electron chi connectivity index (χ1n) is 26.6. The summed E-state index contributed by atoms with van der Waals surface area (Å²) in [4.78, 5) is 38.0. The predicted molar refractivity (Wildman–Crippen MR) is 265 cm³/mol. The number of rotatable bonds is 48. The second-order valence-corrected chi connectivity index (χ2v) is 17.8. The van der Waals surface area contributed by atoms with Crippen LogP contribution in [0.25, 0.3) is 0 Å². The van der Waals surface area contributed by atoms with Crippen molar-refractivity contribution in [3.05, 3.63) is 48.6 Å². The van der Waals surface area contributed by atoms with Crippen molar-refractivity contribution in [1.29, 1.82) is 0 Å². The van der Waals surface area contributed by atoms with Gasteiger partial charge in [-0.15, -0.1) is 0 Å². The molecule has 0 aromatic heterocycles. The fraction of sp³-hybridized carbons (Fsp3) is 0.804. The van der Waals surface area contributed by atoms with E-state index in [1.165, 1.54) is 128 Å². The number of hydrogen-bond acceptors (Lipinski definition) is 6. The Morgan fingerprint density at radius 2 is 0.629 bits per heavy atom. The number of hydrogen-bond donors (Lipinski definition) is 0. The Hall–Kier alpha value is -2.63. The molecule has 0 saturated carbocycles. The van der Waals surface area contributed by atoms with E-state index >= 15 is 0 Å². The van der Waals surface area contributed by atoms with Gasteiger partial charge in [0.15, 0.2) is 6.10 Å². The molecule has 0 bridgehead atoms. The first-order valence-corrected chi connectivity index (χ1v) is 26.6. The molecule has 0 N–H and O–H groups in total. The summed E-state index contributed by atoms with van der Waals surface area (Å²) in [5.41, 5.74) is 0. The van der Waals surface area contributed by atoms with Gasteiger partial charge >= 0.3 is 17.9 Å². The summed E-state index contributed by atoms with van der Waals surface area (Å²) in [6, 6.07) is 0. The van der Waals surface area contributed by atoms with Gasteiger partial charge in [0.25, 0.3) is 0 Å². The standard InChI is InChI=1S/C56H100O6/c1-4-7-10-13-16-19-22-25-28-31-34-37-40-43-46-49-55(58)61-52-53(51-60-54(57)48-45-42-39-36-33-30-27-24-21-18-15-12-9-6-3)62-56(59)50-47-44-41-38-35-32-29-26-23-20-17-14-11-8-5-2/h7,10,16,19,24-25,27-28,53H,4-6,8-9,11-15,17-18,20-23,26,29-52H2,1-3H3/b10-7-,19-16-,27-24-,28-25-. The summed E-state index contributed by atoms with van der Waals surface area (Å²) in [6.07, 6.45) is 60.9. The molecule has 360 valence electrons. The molecule has 0 fully saturated rings. The second-order valence-electron chi connectivity index (χ2n) is 17.8. The lowest BCUT2D eigenvalue weighted by atomic mass is 10.0. The summed E-state index contributed by atoms with van der Waals surface area (Å²) < 4.78 is 16.8. The highest BCUT2D eigenvalue weighted by Crippen LogP contribution is 2.16. The van der Waals surface area contributed by atoms with Crippen molar-refractivity contribution in [2.24, 2.45) is 0 Å². The maximum Gasteiger partial charge on any atom is 0.306 e. The van der Waals surface area contributed by atoms with E-state index in [1.807, 2.05) is 0 Å². The van der Waals surface area contributed by atoms with E-state index in [1.54, 1.807) is 0 Å². The quantitative estimate of drug-likeness (QED) is 0.0262. The van der Waals surface area contributed by atoms with Crippen molar-refractivity contribution in [3.63, 3.8) is 0 Å². The molecule has 6 heteroatoms. The zero-order chi connectivity index (χ0) is 45.1. The van der Waals surface area contributed by atoms with Crippen molar-refractivity contribution in [2.45, 2.75) is 277 Å². The van der Waals surface area contributed by atoms with E-state index in [0.29, 0.717) is 19.3 Å². The lowest BCUT2D eigenvalue weighted by Gasteiger charge is -2.18. The number of carbonyl (C=O) groups excluding carboxylic acids is 3. The van der Waals surface area contributed by atoms with Gasteiger partial charge in [0.05, 0.1) is 0 Å². The SMILES string of the molecule is CC/C=C\C/C=C\C/C=C\CCCCCCCC(=O)OCC(COC(=O)CCCCCCC/C=C\CCCCCCC)OC(=O)CCCCCCCCCCCCCCCCC. The maximum atomic E-state index is 12.8. The van der Waals surface area contributed by atoms with E-state index in [2.05, 4.69) is 69.4 Å². The van der Waals surface area contributed by atoms with Crippen molar-refractivity contribution in [2.75, 3.05) is 13.2 Å². The molecule has 0 saturated heterocycles. The zero-order valence-electron chi connectivity index (χ0n) is 41.1. The van der Waals surface area contributed by atoms with Crippen LogP contribution in [0.4, 0.5) is 0 Å². The van der Waals surface area contributed by atoms with Crippen LogP contribution in [0.15, 0.2) is 48.6 Å². The van der Waals surface area contributed by atoms with Crippen LogP contribution < -0.4 is 0 Å². The molecule has 0 aromatic rings. The van der Waals surface area contributed by atoms with Gasteiger partial charge in [-0.3, -0.25) is 14.4 Å². The first kappa shape index (κ1) is 59.4. The molecule has 0 amide bonds. The van der Waals surface area contributed by atoms with Crippen molar-refractivity contribution >= 4 is 17.9 Å². The highest BCUT2D eigenvalue weighted by atomic mass is 16.6. The van der Waals surface area contributed by atoms with Crippen LogP contribution in [0.2, 0.25) is 0 Å². The third-order valence-electron chi connectivity index (χ3n) is 11.6. The molecule has 0 aliphatic carbocycles. The van der Waals surface area contributed by atoms with Crippen LogP contribution in [0.1, 0.15) is 271 Å². The molecule has 0 heterocycles. The molecule has 0 rings (SSSR count). The molecule has 0 spiro atoms. The van der Waals surface area contributed by atoms with E-state index in [9.17, 15) is 14.4 Å². The minimum absolute atomic E-state index is 0.0807. The molecular formula is C56H100O6. The van der Waals surface area contributed by atoms with E-state index in [4.69, 9.17) is 14.2 Å². The smallest absolute Gasteiger partial charge is 0.306 e. The fourth-order valence-corrected chi connectivity index (χ4v) is 7.57. The normalized spacial score (nSPS) is 12.4. The third kappa shape index (κ3) is 48.4. The van der Waals surface area contributed by atoms with Gasteiger partial charge in [0, 0.05) is 19.3 Å². The van der Waals surface area contributed by atoms with Gasteiger partial charge in [-0.05, 0) is 77.0 Å². The van der Waals surface area contributed by atoms with Crippen LogP contribution >= 0.6 is 0 Å². The molecule has 0 aromatic carbocycles. The predicted octanol–water partition coefficient (Wildman–Crippen LogP) is 17.5. The first-order chi connectivity index (χ1) is 30.5. The van der Waals surface area contributed by atoms with Crippen molar-refractivity contribution < 1.29 is 28.6 Å². The number of allylic oxidation sites excluding steroid dienone is 8. The number of ether oxygens (including phenoxy) is 3. The summed E-state index contributed by atoms with van der Waals surface area (Å²) in [5.74, 6) is -0.895. The third-order valence-corrected chi connectivity index (χ3v) is 11.6. The Morgan fingerprint density at radius 1 is 0.339 bits per heavy atom. The highest BCUT2D eigenvalue weighted by Gasteiger charge is 2.19. The van der Waals surface area contributed by atoms with Gasteiger partial charge in [-0.1, -0.05) is 223 Å². The monoisotopic (exact) mass is 869 g/mol. The van der Waals surface area contributed by atoms with E-state index in [0.717, 1.165) is 103 Å². The molecule has 0 aliphatic heterocycles. The Labute approximate surface area is 384 Å². The lowest BCUT2D eigenvalue weighted by Crippen LogP contribution is -2.30. The van der Waals surface area contributed by atoms with Crippen LogP contribution in [0.3, 0.4) is 0 Å². The Balaban J connectivity index is 4.39. The molecule has 6 nitrogen and oxygen atoms in total.